The van der Waals surface area contributed by atoms with Crippen molar-refractivity contribution in [2.75, 3.05) is 13.2 Å². The van der Waals surface area contributed by atoms with Crippen LogP contribution < -0.4 is 11.1 Å². The average Bonchev–Trinajstić information content (AvgIpc) is 2.58. The van der Waals surface area contributed by atoms with Gasteiger partial charge in [-0.3, -0.25) is 4.79 Å². The molecule has 25 heavy (non-hydrogen) atoms. The Balaban J connectivity index is 2.02. The maximum Gasteiger partial charge on any atom is 0.240 e. The summed E-state index contributed by atoms with van der Waals surface area (Å²) in [6.07, 6.45) is 0.700. The van der Waals surface area contributed by atoms with Crippen LogP contribution in [0.3, 0.4) is 0 Å². The van der Waals surface area contributed by atoms with Gasteiger partial charge in [0.05, 0.1) is 12.2 Å². The van der Waals surface area contributed by atoms with E-state index in [1.54, 1.807) is 6.92 Å². The first-order valence-electron chi connectivity index (χ1n) is 9.14. The number of aliphatic hydroxyl groups is 1. The smallest absolute Gasteiger partial charge is 0.240 e. The maximum absolute atomic E-state index is 12.8. The van der Waals surface area contributed by atoms with Crippen molar-refractivity contribution in [3.8, 4) is 0 Å². The number of nitrogens with one attached hydrogen (secondary N) is 1. The number of hydrogen-bond donors (Lipinski definition) is 3. The maximum atomic E-state index is 12.8. The van der Waals surface area contributed by atoms with E-state index in [1.165, 1.54) is 0 Å². The second kappa shape index (κ2) is 7.85. The van der Waals surface area contributed by atoms with Gasteiger partial charge >= 0.3 is 0 Å². The van der Waals surface area contributed by atoms with Gasteiger partial charge in [0.15, 0.2) is 0 Å². The van der Waals surface area contributed by atoms with E-state index in [2.05, 4.69) is 5.32 Å². The molecule has 0 saturated heterocycles. The average molecular weight is 348 g/mol. The molecule has 4 unspecified atom stereocenters. The number of carbonyl (C=O) groups excluding carboxylic acids is 1. The van der Waals surface area contributed by atoms with Gasteiger partial charge in [-0.1, -0.05) is 44.2 Å². The standard InChI is InChI=1S/C20H32N2O3/c1-5-25-17-12-20(21,19(17,3)4)18(24)22-13-16(11-14(2)23)15-9-7-6-8-10-15/h6-10,14,16-17,23H,5,11-13,21H2,1-4H3,(H,22,24). The zero-order valence-electron chi connectivity index (χ0n) is 15.8. The van der Waals surface area contributed by atoms with E-state index in [9.17, 15) is 9.90 Å². The van der Waals surface area contributed by atoms with Crippen molar-refractivity contribution in [3.05, 3.63) is 35.9 Å². The number of rotatable bonds is 8. The summed E-state index contributed by atoms with van der Waals surface area (Å²) in [7, 11) is 0. The minimum Gasteiger partial charge on any atom is -0.393 e. The molecule has 4 atom stereocenters. The lowest BCUT2D eigenvalue weighted by molar-refractivity contribution is -0.170. The highest BCUT2D eigenvalue weighted by Crippen LogP contribution is 2.49. The van der Waals surface area contributed by atoms with Crippen LogP contribution in [-0.4, -0.2) is 41.9 Å². The van der Waals surface area contributed by atoms with Gasteiger partial charge in [0, 0.05) is 30.9 Å². The summed E-state index contributed by atoms with van der Waals surface area (Å²) in [6, 6.07) is 9.95. The molecular formula is C20H32N2O3. The Morgan fingerprint density at radius 3 is 2.56 bits per heavy atom. The predicted octanol–water partition coefficient (Wildman–Crippen LogP) is 2.19. The number of ether oxygens (including phenoxy) is 1. The van der Waals surface area contributed by atoms with E-state index in [0.717, 1.165) is 5.56 Å². The largest absolute Gasteiger partial charge is 0.393 e. The van der Waals surface area contributed by atoms with E-state index in [0.29, 0.717) is 26.0 Å². The number of aliphatic hydroxyl groups excluding tert-OH is 1. The normalized spacial score (nSPS) is 27.2. The molecule has 1 aromatic rings. The number of nitrogens with two attached hydrogens (primary N) is 1. The molecule has 0 bridgehead atoms. The Morgan fingerprint density at radius 1 is 1.40 bits per heavy atom. The van der Waals surface area contributed by atoms with Crippen molar-refractivity contribution < 1.29 is 14.6 Å². The van der Waals surface area contributed by atoms with Crippen LogP contribution in [0.4, 0.5) is 0 Å². The molecule has 1 fully saturated rings. The Morgan fingerprint density at radius 2 is 2.04 bits per heavy atom. The van der Waals surface area contributed by atoms with Gasteiger partial charge in [-0.15, -0.1) is 0 Å². The Bertz CT molecular complexity index is 574. The molecule has 1 aromatic carbocycles. The minimum atomic E-state index is -0.918. The molecule has 1 aliphatic carbocycles. The third kappa shape index (κ3) is 4.05. The van der Waals surface area contributed by atoms with E-state index < -0.39 is 17.1 Å². The Hall–Kier alpha value is -1.43. The van der Waals surface area contributed by atoms with E-state index >= 15 is 0 Å². The van der Waals surface area contributed by atoms with Crippen LogP contribution in [0.15, 0.2) is 30.3 Å². The highest BCUT2D eigenvalue weighted by molar-refractivity contribution is 5.88. The quantitative estimate of drug-likeness (QED) is 0.672. The molecule has 2 rings (SSSR count). The van der Waals surface area contributed by atoms with Crippen molar-refractivity contribution in [2.45, 2.75) is 64.2 Å². The van der Waals surface area contributed by atoms with Gasteiger partial charge in [0.25, 0.3) is 0 Å². The third-order valence-electron chi connectivity index (χ3n) is 5.64. The highest BCUT2D eigenvalue weighted by atomic mass is 16.5. The molecular weight excluding hydrogens is 316 g/mol. The van der Waals surface area contributed by atoms with Crippen LogP contribution in [0.2, 0.25) is 0 Å². The van der Waals surface area contributed by atoms with E-state index in [1.807, 2.05) is 51.1 Å². The van der Waals surface area contributed by atoms with E-state index in [4.69, 9.17) is 10.5 Å². The van der Waals surface area contributed by atoms with Crippen molar-refractivity contribution >= 4 is 5.91 Å². The molecule has 1 saturated carbocycles. The zero-order valence-corrected chi connectivity index (χ0v) is 15.8. The van der Waals surface area contributed by atoms with Crippen molar-refractivity contribution in [1.29, 1.82) is 0 Å². The lowest BCUT2D eigenvalue weighted by atomic mass is 9.54. The molecule has 140 valence electrons. The number of hydrogen-bond acceptors (Lipinski definition) is 4. The SMILES string of the molecule is CCOC1CC(N)(C(=O)NCC(CC(C)O)c2ccccc2)C1(C)C. The molecule has 1 amide bonds. The summed E-state index contributed by atoms with van der Waals surface area (Å²) < 4.78 is 5.69. The van der Waals surface area contributed by atoms with Crippen molar-refractivity contribution in [3.63, 3.8) is 0 Å². The molecule has 0 aromatic heterocycles. The van der Waals surface area contributed by atoms with Gasteiger partial charge in [0.2, 0.25) is 5.91 Å². The highest BCUT2D eigenvalue weighted by Gasteiger charge is 2.62. The fourth-order valence-corrected chi connectivity index (χ4v) is 3.67. The van der Waals surface area contributed by atoms with Gasteiger partial charge in [0.1, 0.15) is 5.54 Å². The van der Waals surface area contributed by atoms with Crippen LogP contribution in [0.25, 0.3) is 0 Å². The monoisotopic (exact) mass is 348 g/mol. The second-order valence-corrected chi connectivity index (χ2v) is 7.74. The van der Waals surface area contributed by atoms with Gasteiger partial charge < -0.3 is 20.9 Å². The lowest BCUT2D eigenvalue weighted by Crippen LogP contribution is -2.75. The van der Waals surface area contributed by atoms with Crippen molar-refractivity contribution in [2.24, 2.45) is 11.1 Å². The van der Waals surface area contributed by atoms with Crippen LogP contribution in [0, 0.1) is 5.41 Å². The van der Waals surface area contributed by atoms with Crippen LogP contribution in [-0.2, 0) is 9.53 Å². The molecule has 4 N–H and O–H groups in total. The molecule has 0 aliphatic heterocycles. The number of benzene rings is 1. The lowest BCUT2D eigenvalue weighted by Gasteiger charge is -2.57. The molecule has 1 aliphatic rings. The first-order chi connectivity index (χ1) is 11.7. The summed E-state index contributed by atoms with van der Waals surface area (Å²) in [5.41, 5.74) is 6.21. The predicted molar refractivity (Wildman–Crippen MR) is 99.2 cm³/mol. The first kappa shape index (κ1) is 19.9. The fraction of sp³-hybridized carbons (Fsp3) is 0.650. The van der Waals surface area contributed by atoms with Gasteiger partial charge in [-0.2, -0.15) is 0 Å². The topological polar surface area (TPSA) is 84.6 Å². The first-order valence-corrected chi connectivity index (χ1v) is 9.14. The Labute approximate surface area is 150 Å². The fourth-order valence-electron chi connectivity index (χ4n) is 3.67. The molecule has 5 nitrogen and oxygen atoms in total. The van der Waals surface area contributed by atoms with Crippen LogP contribution in [0.1, 0.15) is 52.0 Å². The van der Waals surface area contributed by atoms with E-state index in [-0.39, 0.29) is 17.9 Å². The van der Waals surface area contributed by atoms with Gasteiger partial charge in [-0.05, 0) is 25.8 Å². The molecule has 5 heteroatoms. The summed E-state index contributed by atoms with van der Waals surface area (Å²) in [4.78, 5) is 12.8. The Kier molecular flexibility index (Phi) is 6.25. The van der Waals surface area contributed by atoms with Crippen LogP contribution in [0.5, 0.6) is 0 Å². The number of carbonyl (C=O) groups is 1. The molecule has 0 radical (unpaired) electrons. The molecule has 0 heterocycles. The molecule has 0 spiro atoms. The summed E-state index contributed by atoms with van der Waals surface area (Å²) in [5.74, 6) is -0.0837. The summed E-state index contributed by atoms with van der Waals surface area (Å²) in [6.45, 7) is 8.78. The number of amides is 1. The van der Waals surface area contributed by atoms with Crippen molar-refractivity contribution in [1.82, 2.24) is 5.32 Å². The minimum absolute atomic E-state index is 0.00985. The zero-order chi connectivity index (χ0) is 18.7. The summed E-state index contributed by atoms with van der Waals surface area (Å²) in [5, 5.41) is 12.8. The summed E-state index contributed by atoms with van der Waals surface area (Å²) >= 11 is 0. The van der Waals surface area contributed by atoms with Crippen LogP contribution >= 0.6 is 0 Å². The third-order valence-corrected chi connectivity index (χ3v) is 5.64. The second-order valence-electron chi connectivity index (χ2n) is 7.74. The van der Waals surface area contributed by atoms with Gasteiger partial charge in [-0.25, -0.2) is 0 Å².